The second kappa shape index (κ2) is 8.36. The molecule has 2 aromatic heterocycles. The number of fused-ring (bicyclic) bond motifs is 1. The largest absolute Gasteiger partial charge is 0.496 e. The summed E-state index contributed by atoms with van der Waals surface area (Å²) >= 11 is 1.37. The molecule has 1 N–H and O–H groups in total. The summed E-state index contributed by atoms with van der Waals surface area (Å²) in [6, 6.07) is 6.79. The van der Waals surface area contributed by atoms with Crippen LogP contribution in [0, 0.1) is 5.82 Å². The van der Waals surface area contributed by atoms with E-state index in [0.29, 0.717) is 27.3 Å². The van der Waals surface area contributed by atoms with Crippen molar-refractivity contribution in [1.82, 2.24) is 15.0 Å². The lowest BCUT2D eigenvalue weighted by atomic mass is 10.0. The fourth-order valence-electron chi connectivity index (χ4n) is 2.87. The van der Waals surface area contributed by atoms with Gasteiger partial charge in [-0.15, -0.1) is 11.3 Å². The Bertz CT molecular complexity index is 1240. The highest BCUT2D eigenvalue weighted by Crippen LogP contribution is 2.37. The number of hydrogen-bond acceptors (Lipinski definition) is 6. The highest BCUT2D eigenvalue weighted by atomic mass is 32.2. The summed E-state index contributed by atoms with van der Waals surface area (Å²) in [7, 11) is -0.266. The lowest BCUT2D eigenvalue weighted by Gasteiger charge is -2.13. The number of anilines is 1. The molecule has 0 aliphatic carbocycles. The molecule has 0 saturated heterocycles. The first-order valence-corrected chi connectivity index (χ1v) is 10.5. The Morgan fingerprint density at radius 3 is 2.70 bits per heavy atom. The molecule has 4 rings (SSSR count). The van der Waals surface area contributed by atoms with E-state index in [9.17, 15) is 17.4 Å². The number of halogens is 3. The van der Waals surface area contributed by atoms with Gasteiger partial charge in [-0.05, 0) is 30.3 Å². The SMILES string of the molecule is COc1cc(C(F)F)c(F)cc1-c1ncnc2cc(S(=O)Nc3cscn3)ccc12. The van der Waals surface area contributed by atoms with Crippen LogP contribution in [0.4, 0.5) is 19.0 Å². The molecule has 0 aliphatic heterocycles. The third-order valence-electron chi connectivity index (χ3n) is 4.26. The minimum absolute atomic E-state index is 0.0598. The van der Waals surface area contributed by atoms with Crippen molar-refractivity contribution in [3.05, 3.63) is 58.9 Å². The first kappa shape index (κ1) is 20.2. The third kappa shape index (κ3) is 3.85. The molecular weight excluding hydrogens is 437 g/mol. The Hall–Kier alpha value is -3.05. The van der Waals surface area contributed by atoms with Gasteiger partial charge in [-0.3, -0.25) is 4.72 Å². The fraction of sp³-hybridized carbons (Fsp3) is 0.105. The maximum Gasteiger partial charge on any atom is 0.266 e. The monoisotopic (exact) mass is 450 g/mol. The van der Waals surface area contributed by atoms with Crippen LogP contribution in [0.25, 0.3) is 22.2 Å². The number of rotatable bonds is 6. The van der Waals surface area contributed by atoms with Crippen LogP contribution in [0.2, 0.25) is 0 Å². The topological polar surface area (TPSA) is 77.0 Å². The van der Waals surface area contributed by atoms with Gasteiger partial charge in [0, 0.05) is 16.3 Å². The summed E-state index contributed by atoms with van der Waals surface area (Å²) in [4.78, 5) is 12.9. The fourth-order valence-corrected chi connectivity index (χ4v) is 4.26. The van der Waals surface area contributed by atoms with Gasteiger partial charge in [-0.25, -0.2) is 32.3 Å². The van der Waals surface area contributed by atoms with E-state index in [0.717, 1.165) is 12.1 Å². The normalized spacial score (nSPS) is 12.3. The molecule has 4 aromatic rings. The van der Waals surface area contributed by atoms with Crippen LogP contribution < -0.4 is 9.46 Å². The summed E-state index contributed by atoms with van der Waals surface area (Å²) in [5.74, 6) is -0.511. The molecule has 2 heterocycles. The molecule has 6 nitrogen and oxygen atoms in total. The van der Waals surface area contributed by atoms with Crippen LogP contribution in [0.1, 0.15) is 12.0 Å². The van der Waals surface area contributed by atoms with Crippen molar-refractivity contribution in [1.29, 1.82) is 0 Å². The first-order chi connectivity index (χ1) is 14.5. The number of hydrogen-bond donors (Lipinski definition) is 1. The Kier molecular flexibility index (Phi) is 5.64. The van der Waals surface area contributed by atoms with Crippen molar-refractivity contribution < 1.29 is 22.1 Å². The number of aromatic nitrogens is 3. The van der Waals surface area contributed by atoms with Gasteiger partial charge in [0.05, 0.1) is 34.3 Å². The van der Waals surface area contributed by atoms with Gasteiger partial charge in [0.15, 0.2) is 11.0 Å². The van der Waals surface area contributed by atoms with Crippen molar-refractivity contribution >= 4 is 39.0 Å². The van der Waals surface area contributed by atoms with Crippen molar-refractivity contribution in [2.45, 2.75) is 11.3 Å². The Morgan fingerprint density at radius 2 is 2.00 bits per heavy atom. The summed E-state index contributed by atoms with van der Waals surface area (Å²) < 4.78 is 60.8. The number of nitrogens with one attached hydrogen (secondary N) is 1. The zero-order valence-corrected chi connectivity index (χ0v) is 16.9. The number of ether oxygens (including phenoxy) is 1. The predicted octanol–water partition coefficient (Wildman–Crippen LogP) is 4.97. The van der Waals surface area contributed by atoms with Gasteiger partial charge in [0.1, 0.15) is 23.7 Å². The molecule has 0 bridgehead atoms. The number of benzene rings is 2. The molecule has 0 saturated carbocycles. The average molecular weight is 450 g/mol. The smallest absolute Gasteiger partial charge is 0.266 e. The molecule has 0 radical (unpaired) electrons. The molecule has 0 aliphatic rings. The van der Waals surface area contributed by atoms with Crippen LogP contribution in [0.3, 0.4) is 0 Å². The maximum atomic E-state index is 14.2. The van der Waals surface area contributed by atoms with Gasteiger partial charge < -0.3 is 4.74 Å². The van der Waals surface area contributed by atoms with Crippen molar-refractivity contribution in [2.24, 2.45) is 0 Å². The molecule has 154 valence electrons. The molecule has 2 aromatic carbocycles. The van der Waals surface area contributed by atoms with E-state index in [1.54, 1.807) is 29.1 Å². The summed E-state index contributed by atoms with van der Waals surface area (Å²) in [6.45, 7) is 0. The number of alkyl halides is 2. The second-order valence-electron chi connectivity index (χ2n) is 6.02. The van der Waals surface area contributed by atoms with Gasteiger partial charge >= 0.3 is 0 Å². The van der Waals surface area contributed by atoms with E-state index in [1.165, 1.54) is 24.8 Å². The van der Waals surface area contributed by atoms with Gasteiger partial charge in [-0.2, -0.15) is 0 Å². The Labute approximate surface area is 175 Å². The molecule has 11 heteroatoms. The molecule has 1 atom stereocenters. The van der Waals surface area contributed by atoms with E-state index in [-0.39, 0.29) is 11.3 Å². The highest BCUT2D eigenvalue weighted by molar-refractivity contribution is 7.86. The number of methoxy groups -OCH3 is 1. The summed E-state index contributed by atoms with van der Waals surface area (Å²) in [6.07, 6.45) is -1.71. The van der Waals surface area contributed by atoms with Crippen LogP contribution in [-0.4, -0.2) is 26.3 Å². The quantitative estimate of drug-likeness (QED) is 0.449. The predicted molar refractivity (Wildman–Crippen MR) is 109 cm³/mol. The summed E-state index contributed by atoms with van der Waals surface area (Å²) in [5, 5.41) is 2.25. The molecule has 0 amide bonds. The van der Waals surface area contributed by atoms with Crippen molar-refractivity contribution in [2.75, 3.05) is 11.8 Å². The Balaban J connectivity index is 1.78. The zero-order chi connectivity index (χ0) is 21.3. The molecule has 0 fully saturated rings. The average Bonchev–Trinajstić information content (AvgIpc) is 3.25. The van der Waals surface area contributed by atoms with Crippen LogP contribution in [0.15, 0.2) is 52.4 Å². The summed E-state index contributed by atoms with van der Waals surface area (Å²) in [5.41, 5.74) is 1.83. The van der Waals surface area contributed by atoms with E-state index in [1.807, 2.05) is 0 Å². The van der Waals surface area contributed by atoms with Gasteiger partial charge in [0.25, 0.3) is 6.43 Å². The van der Waals surface area contributed by atoms with Gasteiger partial charge in [-0.1, -0.05) is 0 Å². The Morgan fingerprint density at radius 1 is 1.17 bits per heavy atom. The minimum atomic E-state index is -2.97. The number of thiazole rings is 1. The molecular formula is C19H13F3N4O2S2. The molecule has 30 heavy (non-hydrogen) atoms. The van der Waals surface area contributed by atoms with Crippen LogP contribution in [0.5, 0.6) is 5.75 Å². The maximum absolute atomic E-state index is 14.2. The second-order valence-corrected chi connectivity index (χ2v) is 7.95. The standard InChI is InChI=1S/C19H13F3N4O2S2/c1-28-16-6-12(19(21)22)14(20)5-13(16)18-11-3-2-10(4-15(11)23-8-24-18)30(27)26-17-7-29-9-25-17/h2-9,19,26H,1H3. The van der Waals surface area contributed by atoms with E-state index >= 15 is 0 Å². The van der Waals surface area contributed by atoms with Crippen LogP contribution >= 0.6 is 11.3 Å². The van der Waals surface area contributed by atoms with E-state index < -0.39 is 28.8 Å². The third-order valence-corrected chi connectivity index (χ3v) is 5.92. The van der Waals surface area contributed by atoms with Crippen molar-refractivity contribution in [3.8, 4) is 17.0 Å². The highest BCUT2D eigenvalue weighted by Gasteiger charge is 2.20. The minimum Gasteiger partial charge on any atom is -0.496 e. The molecule has 1 unspecified atom stereocenters. The molecule has 0 spiro atoms. The van der Waals surface area contributed by atoms with E-state index in [2.05, 4.69) is 19.7 Å². The van der Waals surface area contributed by atoms with Gasteiger partial charge in [0.2, 0.25) is 0 Å². The van der Waals surface area contributed by atoms with E-state index in [4.69, 9.17) is 4.74 Å². The number of nitrogens with zero attached hydrogens (tertiary/aromatic N) is 3. The lowest BCUT2D eigenvalue weighted by Crippen LogP contribution is -2.05. The lowest BCUT2D eigenvalue weighted by molar-refractivity contribution is 0.146. The van der Waals surface area contributed by atoms with Crippen molar-refractivity contribution in [3.63, 3.8) is 0 Å². The van der Waals surface area contributed by atoms with Crippen LogP contribution in [-0.2, 0) is 11.0 Å². The zero-order valence-electron chi connectivity index (χ0n) is 15.3. The first-order valence-electron chi connectivity index (χ1n) is 8.45.